The van der Waals surface area contributed by atoms with E-state index in [0.717, 1.165) is 12.1 Å². The Kier molecular flexibility index (Phi) is 4.07. The first kappa shape index (κ1) is 15.5. The van der Waals surface area contributed by atoms with Gasteiger partial charge in [0.1, 0.15) is 23.7 Å². The van der Waals surface area contributed by atoms with Gasteiger partial charge in [0, 0.05) is 6.54 Å². The highest BCUT2D eigenvalue weighted by molar-refractivity contribution is 5.52. The summed E-state index contributed by atoms with van der Waals surface area (Å²) in [5.41, 5.74) is -1.01. The zero-order valence-electron chi connectivity index (χ0n) is 11.5. The number of hydrogen-bond acceptors (Lipinski definition) is 5. The molecule has 0 radical (unpaired) electrons. The molecule has 0 bridgehead atoms. The highest BCUT2D eigenvalue weighted by Gasteiger charge is 2.34. The summed E-state index contributed by atoms with van der Waals surface area (Å²) in [5, 5.41) is 11.6. The van der Waals surface area contributed by atoms with Crippen molar-refractivity contribution in [1.29, 1.82) is 5.26 Å². The molecule has 0 aromatic carbocycles. The molecular weight excluding hydrogens is 287 g/mol. The van der Waals surface area contributed by atoms with Gasteiger partial charge < -0.3 is 14.8 Å². The Morgan fingerprint density at radius 2 is 2.19 bits per heavy atom. The number of rotatable bonds is 3. The lowest BCUT2D eigenvalue weighted by molar-refractivity contribution is -0.141. The van der Waals surface area contributed by atoms with Gasteiger partial charge in [-0.15, -0.1) is 0 Å². The third kappa shape index (κ3) is 3.83. The van der Waals surface area contributed by atoms with Crippen LogP contribution in [-0.4, -0.2) is 30.0 Å². The number of nitriles is 1. The van der Waals surface area contributed by atoms with Gasteiger partial charge in [-0.25, -0.2) is 4.98 Å². The molecule has 1 aromatic rings. The Labute approximate surface area is 119 Å². The zero-order valence-corrected chi connectivity index (χ0v) is 11.5. The number of aromatic nitrogens is 1. The van der Waals surface area contributed by atoms with Crippen LogP contribution in [0.1, 0.15) is 25.1 Å². The normalized spacial score (nSPS) is 21.0. The molecule has 1 unspecified atom stereocenters. The fourth-order valence-electron chi connectivity index (χ4n) is 1.92. The minimum absolute atomic E-state index is 0.0428. The van der Waals surface area contributed by atoms with E-state index >= 15 is 0 Å². The lowest BCUT2D eigenvalue weighted by atomic mass is 10.2. The van der Waals surface area contributed by atoms with Crippen molar-refractivity contribution in [2.45, 2.75) is 31.9 Å². The third-order valence-corrected chi connectivity index (χ3v) is 2.87. The SMILES string of the molecule is CC1(C)OCC(CNc2nc(C(F)(F)F)ccc2C#N)O1. The molecule has 2 rings (SSSR count). The Morgan fingerprint density at radius 3 is 2.71 bits per heavy atom. The summed E-state index contributed by atoms with van der Waals surface area (Å²) in [7, 11) is 0. The molecule has 114 valence electrons. The molecule has 0 saturated carbocycles. The maximum Gasteiger partial charge on any atom is 0.433 e. The van der Waals surface area contributed by atoms with Crippen LogP contribution in [0.5, 0.6) is 0 Å². The van der Waals surface area contributed by atoms with Crippen molar-refractivity contribution in [2.24, 2.45) is 0 Å². The Hall–Kier alpha value is -1.85. The van der Waals surface area contributed by atoms with E-state index < -0.39 is 17.7 Å². The average Bonchev–Trinajstić information content (AvgIpc) is 2.74. The van der Waals surface area contributed by atoms with Crippen LogP contribution in [0.15, 0.2) is 12.1 Å². The summed E-state index contributed by atoms with van der Waals surface area (Å²) in [4.78, 5) is 3.46. The van der Waals surface area contributed by atoms with Gasteiger partial charge in [-0.05, 0) is 26.0 Å². The number of pyridine rings is 1. The molecule has 8 heteroatoms. The number of alkyl halides is 3. The van der Waals surface area contributed by atoms with Crippen LogP contribution in [-0.2, 0) is 15.7 Å². The number of nitrogens with zero attached hydrogens (tertiary/aromatic N) is 2. The van der Waals surface area contributed by atoms with Crippen molar-refractivity contribution in [3.05, 3.63) is 23.4 Å². The van der Waals surface area contributed by atoms with Crippen molar-refractivity contribution in [3.63, 3.8) is 0 Å². The quantitative estimate of drug-likeness (QED) is 0.929. The summed E-state index contributed by atoms with van der Waals surface area (Å²) in [6.07, 6.45) is -4.87. The minimum atomic E-state index is -4.56. The second-order valence-electron chi connectivity index (χ2n) is 5.03. The fraction of sp³-hybridized carbons (Fsp3) is 0.538. The summed E-state index contributed by atoms with van der Waals surface area (Å²) >= 11 is 0. The molecule has 0 spiro atoms. The molecule has 2 heterocycles. The van der Waals surface area contributed by atoms with Gasteiger partial charge in [0.05, 0.1) is 12.2 Å². The predicted molar refractivity (Wildman–Crippen MR) is 67.3 cm³/mol. The number of halogens is 3. The molecule has 1 atom stereocenters. The van der Waals surface area contributed by atoms with Crippen LogP contribution < -0.4 is 5.32 Å². The van der Waals surface area contributed by atoms with Crippen molar-refractivity contribution < 1.29 is 22.6 Å². The van der Waals surface area contributed by atoms with E-state index in [9.17, 15) is 13.2 Å². The van der Waals surface area contributed by atoms with Crippen LogP contribution in [0.3, 0.4) is 0 Å². The van der Waals surface area contributed by atoms with Gasteiger partial charge in [0.15, 0.2) is 5.79 Å². The van der Waals surface area contributed by atoms with Crippen LogP contribution in [0.2, 0.25) is 0 Å². The van der Waals surface area contributed by atoms with Crippen molar-refractivity contribution >= 4 is 5.82 Å². The standard InChI is InChI=1S/C13H14F3N3O2/c1-12(2)20-7-9(21-12)6-18-11-8(5-17)3-4-10(19-11)13(14,15)16/h3-4,9H,6-7H2,1-2H3,(H,18,19). The van der Waals surface area contributed by atoms with Crippen LogP contribution in [0.25, 0.3) is 0 Å². The average molecular weight is 301 g/mol. The third-order valence-electron chi connectivity index (χ3n) is 2.87. The van der Waals surface area contributed by atoms with Gasteiger partial charge in [-0.2, -0.15) is 18.4 Å². The minimum Gasteiger partial charge on any atom is -0.366 e. The lowest BCUT2D eigenvalue weighted by Gasteiger charge is -2.18. The van der Waals surface area contributed by atoms with E-state index in [1.165, 1.54) is 0 Å². The zero-order chi connectivity index (χ0) is 15.7. The Bertz CT molecular complexity index is 567. The van der Waals surface area contributed by atoms with E-state index in [2.05, 4.69) is 10.3 Å². The van der Waals surface area contributed by atoms with Crippen molar-refractivity contribution in [1.82, 2.24) is 4.98 Å². The second-order valence-corrected chi connectivity index (χ2v) is 5.03. The van der Waals surface area contributed by atoms with Gasteiger partial charge in [0.2, 0.25) is 0 Å². The topological polar surface area (TPSA) is 67.2 Å². The smallest absolute Gasteiger partial charge is 0.366 e. The molecule has 21 heavy (non-hydrogen) atoms. The summed E-state index contributed by atoms with van der Waals surface area (Å²) in [6.45, 7) is 4.01. The molecule has 1 aliphatic rings. The molecule has 1 fully saturated rings. The van der Waals surface area contributed by atoms with E-state index in [4.69, 9.17) is 14.7 Å². The Morgan fingerprint density at radius 1 is 1.48 bits per heavy atom. The highest BCUT2D eigenvalue weighted by Crippen LogP contribution is 2.29. The van der Waals surface area contributed by atoms with Crippen LogP contribution in [0.4, 0.5) is 19.0 Å². The molecule has 5 nitrogen and oxygen atoms in total. The summed E-state index contributed by atoms with van der Waals surface area (Å²) < 4.78 is 48.8. The molecule has 1 aliphatic heterocycles. The molecule has 0 aliphatic carbocycles. The van der Waals surface area contributed by atoms with Gasteiger partial charge in [-0.3, -0.25) is 0 Å². The predicted octanol–water partition coefficient (Wildman–Crippen LogP) is 2.54. The number of nitrogens with one attached hydrogen (secondary N) is 1. The summed E-state index contributed by atoms with van der Waals surface area (Å²) in [6, 6.07) is 3.67. The Balaban J connectivity index is 2.10. The maximum atomic E-state index is 12.6. The first-order valence-electron chi connectivity index (χ1n) is 6.25. The first-order valence-corrected chi connectivity index (χ1v) is 6.25. The van der Waals surface area contributed by atoms with Crippen LogP contribution in [0, 0.1) is 11.3 Å². The fourth-order valence-corrected chi connectivity index (χ4v) is 1.92. The monoisotopic (exact) mass is 301 g/mol. The first-order chi connectivity index (χ1) is 9.71. The number of ether oxygens (including phenoxy) is 2. The van der Waals surface area contributed by atoms with E-state index in [1.807, 2.05) is 0 Å². The summed E-state index contributed by atoms with van der Waals surface area (Å²) in [5.74, 6) is -0.827. The second kappa shape index (κ2) is 5.50. The maximum absolute atomic E-state index is 12.6. The highest BCUT2D eigenvalue weighted by atomic mass is 19.4. The van der Waals surface area contributed by atoms with Crippen LogP contribution >= 0.6 is 0 Å². The van der Waals surface area contributed by atoms with Gasteiger partial charge in [-0.1, -0.05) is 0 Å². The van der Waals surface area contributed by atoms with E-state index in [0.29, 0.717) is 6.61 Å². The number of hydrogen-bond donors (Lipinski definition) is 1. The molecule has 1 saturated heterocycles. The molecule has 1 aromatic heterocycles. The van der Waals surface area contributed by atoms with Crippen molar-refractivity contribution in [3.8, 4) is 6.07 Å². The number of anilines is 1. The van der Waals surface area contributed by atoms with E-state index in [1.54, 1.807) is 19.9 Å². The molecule has 1 N–H and O–H groups in total. The lowest BCUT2D eigenvalue weighted by Crippen LogP contribution is -2.26. The van der Waals surface area contributed by atoms with Gasteiger partial charge in [0.25, 0.3) is 0 Å². The van der Waals surface area contributed by atoms with E-state index in [-0.39, 0.29) is 24.0 Å². The van der Waals surface area contributed by atoms with Crippen molar-refractivity contribution in [2.75, 3.05) is 18.5 Å². The molecular formula is C13H14F3N3O2. The largest absolute Gasteiger partial charge is 0.433 e. The molecule has 0 amide bonds. The van der Waals surface area contributed by atoms with Gasteiger partial charge >= 0.3 is 6.18 Å².